The van der Waals surface area contributed by atoms with Crippen LogP contribution < -0.4 is 5.32 Å². The van der Waals surface area contributed by atoms with E-state index in [1.807, 2.05) is 0 Å². The molecule has 0 aromatic carbocycles. The molecule has 0 unspecified atom stereocenters. The molecule has 0 atom stereocenters. The first-order valence-corrected chi connectivity index (χ1v) is 7.71. The van der Waals surface area contributed by atoms with Gasteiger partial charge in [-0.15, -0.1) is 0 Å². The standard InChI is InChI=1S/C16H35N/c1-6-7-8-9-10-11-12-16(4,5)13-14-17-15(2)3/h15,17H,6-14H2,1-5H3. The van der Waals surface area contributed by atoms with Crippen molar-refractivity contribution in [3.8, 4) is 0 Å². The molecule has 0 bridgehead atoms. The van der Waals surface area contributed by atoms with Crippen LogP contribution in [0.25, 0.3) is 0 Å². The fourth-order valence-electron chi connectivity index (χ4n) is 2.21. The summed E-state index contributed by atoms with van der Waals surface area (Å²) in [7, 11) is 0. The summed E-state index contributed by atoms with van der Waals surface area (Å²) >= 11 is 0. The van der Waals surface area contributed by atoms with Gasteiger partial charge in [-0.2, -0.15) is 0 Å². The number of hydrogen-bond acceptors (Lipinski definition) is 1. The molecule has 0 saturated carbocycles. The summed E-state index contributed by atoms with van der Waals surface area (Å²) in [5, 5.41) is 3.52. The van der Waals surface area contributed by atoms with Gasteiger partial charge in [0, 0.05) is 6.04 Å². The number of nitrogens with one attached hydrogen (secondary N) is 1. The van der Waals surface area contributed by atoms with Crippen molar-refractivity contribution in [1.29, 1.82) is 0 Å². The first kappa shape index (κ1) is 17.0. The molecule has 0 saturated heterocycles. The quantitative estimate of drug-likeness (QED) is 0.493. The Labute approximate surface area is 110 Å². The Hall–Kier alpha value is -0.0400. The number of unbranched alkanes of at least 4 members (excludes halogenated alkanes) is 5. The van der Waals surface area contributed by atoms with Crippen LogP contribution in [0.5, 0.6) is 0 Å². The fourth-order valence-corrected chi connectivity index (χ4v) is 2.21. The highest BCUT2D eigenvalue weighted by molar-refractivity contribution is 4.70. The summed E-state index contributed by atoms with van der Waals surface area (Å²) in [6, 6.07) is 0.625. The van der Waals surface area contributed by atoms with Gasteiger partial charge in [-0.25, -0.2) is 0 Å². The highest BCUT2D eigenvalue weighted by atomic mass is 14.9. The highest BCUT2D eigenvalue weighted by Crippen LogP contribution is 2.27. The third-order valence-corrected chi connectivity index (χ3v) is 3.56. The molecule has 0 heterocycles. The van der Waals surface area contributed by atoms with Crippen molar-refractivity contribution in [2.45, 2.75) is 92.0 Å². The van der Waals surface area contributed by atoms with Crippen molar-refractivity contribution in [2.24, 2.45) is 5.41 Å². The Bertz CT molecular complexity index is 161. The van der Waals surface area contributed by atoms with E-state index in [-0.39, 0.29) is 0 Å². The molecule has 0 spiro atoms. The maximum Gasteiger partial charge on any atom is 0.00103 e. The predicted octanol–water partition coefficient (Wildman–Crippen LogP) is 5.15. The van der Waals surface area contributed by atoms with Crippen LogP contribution in [0.3, 0.4) is 0 Å². The van der Waals surface area contributed by atoms with Gasteiger partial charge in [-0.1, -0.05) is 73.1 Å². The van der Waals surface area contributed by atoms with E-state index in [2.05, 4.69) is 39.9 Å². The monoisotopic (exact) mass is 241 g/mol. The second kappa shape index (κ2) is 9.94. The van der Waals surface area contributed by atoms with Crippen LogP contribution in [-0.4, -0.2) is 12.6 Å². The van der Waals surface area contributed by atoms with Crippen molar-refractivity contribution in [3.05, 3.63) is 0 Å². The Morgan fingerprint density at radius 1 is 0.882 bits per heavy atom. The summed E-state index contributed by atoms with van der Waals surface area (Å²) in [6.45, 7) is 12.7. The van der Waals surface area contributed by atoms with Crippen molar-refractivity contribution >= 4 is 0 Å². The number of hydrogen-bond donors (Lipinski definition) is 1. The van der Waals surface area contributed by atoms with Gasteiger partial charge in [0.15, 0.2) is 0 Å². The second-order valence-corrected chi connectivity index (χ2v) is 6.54. The van der Waals surface area contributed by atoms with Gasteiger partial charge in [-0.3, -0.25) is 0 Å². The van der Waals surface area contributed by atoms with Crippen molar-refractivity contribution in [2.75, 3.05) is 6.54 Å². The Morgan fingerprint density at radius 3 is 2.06 bits per heavy atom. The Kier molecular flexibility index (Phi) is 9.91. The Balaban J connectivity index is 3.43. The maximum absolute atomic E-state index is 3.52. The van der Waals surface area contributed by atoms with E-state index < -0.39 is 0 Å². The van der Waals surface area contributed by atoms with E-state index in [0.29, 0.717) is 11.5 Å². The van der Waals surface area contributed by atoms with E-state index in [0.717, 1.165) is 0 Å². The van der Waals surface area contributed by atoms with Gasteiger partial charge in [0.05, 0.1) is 0 Å². The van der Waals surface area contributed by atoms with Crippen LogP contribution in [0.1, 0.15) is 86.0 Å². The van der Waals surface area contributed by atoms with Crippen LogP contribution in [0, 0.1) is 5.41 Å². The molecule has 0 aliphatic heterocycles. The average Bonchev–Trinajstić information content (AvgIpc) is 2.22. The molecule has 104 valence electrons. The van der Waals surface area contributed by atoms with Gasteiger partial charge < -0.3 is 5.32 Å². The molecule has 0 radical (unpaired) electrons. The third-order valence-electron chi connectivity index (χ3n) is 3.56. The molecular formula is C16H35N. The lowest BCUT2D eigenvalue weighted by molar-refractivity contribution is 0.286. The normalized spacial score (nSPS) is 12.4. The zero-order chi connectivity index (χ0) is 13.1. The molecule has 1 heteroatoms. The summed E-state index contributed by atoms with van der Waals surface area (Å²) in [5.74, 6) is 0. The SMILES string of the molecule is CCCCCCCCC(C)(C)CCNC(C)C. The fraction of sp³-hybridized carbons (Fsp3) is 1.00. The van der Waals surface area contributed by atoms with E-state index >= 15 is 0 Å². The van der Waals surface area contributed by atoms with Crippen molar-refractivity contribution in [3.63, 3.8) is 0 Å². The Morgan fingerprint density at radius 2 is 1.47 bits per heavy atom. The molecule has 0 amide bonds. The van der Waals surface area contributed by atoms with E-state index in [4.69, 9.17) is 0 Å². The van der Waals surface area contributed by atoms with E-state index in [9.17, 15) is 0 Å². The minimum Gasteiger partial charge on any atom is -0.315 e. The van der Waals surface area contributed by atoms with Gasteiger partial charge in [0.2, 0.25) is 0 Å². The molecule has 1 nitrogen and oxygen atoms in total. The lowest BCUT2D eigenvalue weighted by Gasteiger charge is -2.25. The molecule has 0 aliphatic carbocycles. The molecule has 1 N–H and O–H groups in total. The minimum atomic E-state index is 0.520. The summed E-state index contributed by atoms with van der Waals surface area (Å²) < 4.78 is 0. The molecule has 17 heavy (non-hydrogen) atoms. The van der Waals surface area contributed by atoms with Gasteiger partial charge in [-0.05, 0) is 24.8 Å². The van der Waals surface area contributed by atoms with E-state index in [1.165, 1.54) is 57.9 Å². The zero-order valence-electron chi connectivity index (χ0n) is 12.9. The zero-order valence-corrected chi connectivity index (χ0v) is 12.9. The van der Waals surface area contributed by atoms with Gasteiger partial charge in [0.1, 0.15) is 0 Å². The summed E-state index contributed by atoms with van der Waals surface area (Å²) in [4.78, 5) is 0. The summed E-state index contributed by atoms with van der Waals surface area (Å²) in [6.07, 6.45) is 11.2. The maximum atomic E-state index is 3.52. The predicted molar refractivity (Wildman–Crippen MR) is 79.5 cm³/mol. The molecule has 0 aliphatic rings. The molecule has 0 aromatic heterocycles. The molecule has 0 fully saturated rings. The first-order valence-electron chi connectivity index (χ1n) is 7.71. The highest BCUT2D eigenvalue weighted by Gasteiger charge is 2.16. The van der Waals surface area contributed by atoms with E-state index in [1.54, 1.807) is 0 Å². The molecule has 0 rings (SSSR count). The van der Waals surface area contributed by atoms with Gasteiger partial charge >= 0.3 is 0 Å². The van der Waals surface area contributed by atoms with Crippen molar-refractivity contribution in [1.82, 2.24) is 5.32 Å². The second-order valence-electron chi connectivity index (χ2n) is 6.54. The van der Waals surface area contributed by atoms with Crippen molar-refractivity contribution < 1.29 is 0 Å². The topological polar surface area (TPSA) is 12.0 Å². The minimum absolute atomic E-state index is 0.520. The van der Waals surface area contributed by atoms with Gasteiger partial charge in [0.25, 0.3) is 0 Å². The smallest absolute Gasteiger partial charge is 0.00103 e. The largest absolute Gasteiger partial charge is 0.315 e. The van der Waals surface area contributed by atoms with Crippen LogP contribution in [-0.2, 0) is 0 Å². The lowest BCUT2D eigenvalue weighted by Crippen LogP contribution is -2.27. The summed E-state index contributed by atoms with van der Waals surface area (Å²) in [5.41, 5.74) is 0.520. The average molecular weight is 241 g/mol. The van der Waals surface area contributed by atoms with Crippen LogP contribution >= 0.6 is 0 Å². The third kappa shape index (κ3) is 12.2. The molecular weight excluding hydrogens is 206 g/mol. The lowest BCUT2D eigenvalue weighted by atomic mass is 9.83. The van der Waals surface area contributed by atoms with Crippen LogP contribution in [0.15, 0.2) is 0 Å². The van der Waals surface area contributed by atoms with Crippen LogP contribution in [0.2, 0.25) is 0 Å². The van der Waals surface area contributed by atoms with Crippen LogP contribution in [0.4, 0.5) is 0 Å². The number of rotatable bonds is 11. The molecule has 0 aromatic rings. The first-order chi connectivity index (χ1) is 7.98.